The summed E-state index contributed by atoms with van der Waals surface area (Å²) in [6, 6.07) is 8.95. The molecule has 5 nitrogen and oxygen atoms in total. The van der Waals surface area contributed by atoms with Gasteiger partial charge in [0.05, 0.1) is 5.69 Å². The zero-order valence-electron chi connectivity index (χ0n) is 10.7. The standard InChI is InChI=1S/C14H14N2O3/c1-9-3-5-11(6-4-9)15-16-8-12(14(18)19)13(17)7-10(16)2/h3-8,15H,1-2H3,(H,18,19). The highest BCUT2D eigenvalue weighted by Crippen LogP contribution is 2.10. The van der Waals surface area contributed by atoms with E-state index in [0.717, 1.165) is 11.3 Å². The summed E-state index contributed by atoms with van der Waals surface area (Å²) >= 11 is 0. The predicted molar refractivity (Wildman–Crippen MR) is 72.6 cm³/mol. The number of nitrogens with zero attached hydrogens (tertiary/aromatic N) is 1. The lowest BCUT2D eigenvalue weighted by molar-refractivity contribution is 0.0694. The van der Waals surface area contributed by atoms with Gasteiger partial charge < -0.3 is 5.11 Å². The third kappa shape index (κ3) is 2.82. The van der Waals surface area contributed by atoms with Gasteiger partial charge in [-0.25, -0.2) is 4.79 Å². The van der Waals surface area contributed by atoms with E-state index in [9.17, 15) is 9.59 Å². The Labute approximate surface area is 110 Å². The van der Waals surface area contributed by atoms with Crippen molar-refractivity contribution >= 4 is 11.7 Å². The summed E-state index contributed by atoms with van der Waals surface area (Å²) in [5.74, 6) is -1.23. The first kappa shape index (κ1) is 12.9. The molecule has 0 spiro atoms. The summed E-state index contributed by atoms with van der Waals surface area (Å²) in [5, 5.41) is 8.94. The lowest BCUT2D eigenvalue weighted by atomic mass is 10.2. The topological polar surface area (TPSA) is 71.3 Å². The summed E-state index contributed by atoms with van der Waals surface area (Å²) in [4.78, 5) is 22.5. The molecule has 0 aliphatic carbocycles. The largest absolute Gasteiger partial charge is 0.477 e. The highest BCUT2D eigenvalue weighted by Gasteiger charge is 2.10. The maximum atomic E-state index is 11.5. The van der Waals surface area contributed by atoms with Gasteiger partial charge in [-0.05, 0) is 26.0 Å². The summed E-state index contributed by atoms with van der Waals surface area (Å²) in [7, 11) is 0. The smallest absolute Gasteiger partial charge is 0.341 e. The number of carbonyl (C=O) groups is 1. The Morgan fingerprint density at radius 1 is 1.21 bits per heavy atom. The van der Waals surface area contributed by atoms with Crippen LogP contribution in [0.1, 0.15) is 21.6 Å². The van der Waals surface area contributed by atoms with Gasteiger partial charge in [-0.1, -0.05) is 17.7 Å². The quantitative estimate of drug-likeness (QED) is 0.883. The highest BCUT2D eigenvalue weighted by molar-refractivity contribution is 5.87. The molecule has 1 heterocycles. The normalized spacial score (nSPS) is 10.2. The number of hydrogen-bond acceptors (Lipinski definition) is 3. The van der Waals surface area contributed by atoms with Crippen molar-refractivity contribution in [2.24, 2.45) is 0 Å². The van der Waals surface area contributed by atoms with Crippen LogP contribution >= 0.6 is 0 Å². The van der Waals surface area contributed by atoms with Crippen LogP contribution in [0, 0.1) is 13.8 Å². The molecule has 2 N–H and O–H groups in total. The van der Waals surface area contributed by atoms with Gasteiger partial charge in [-0.3, -0.25) is 14.9 Å². The minimum Gasteiger partial charge on any atom is -0.477 e. The van der Waals surface area contributed by atoms with E-state index in [2.05, 4.69) is 5.43 Å². The van der Waals surface area contributed by atoms with Crippen molar-refractivity contribution in [1.29, 1.82) is 0 Å². The van der Waals surface area contributed by atoms with Crippen molar-refractivity contribution in [2.45, 2.75) is 13.8 Å². The second kappa shape index (κ2) is 4.97. The Kier molecular flexibility index (Phi) is 3.37. The molecule has 2 aromatic rings. The first-order valence-corrected chi connectivity index (χ1v) is 5.77. The summed E-state index contributed by atoms with van der Waals surface area (Å²) in [6.45, 7) is 3.71. The number of carboxylic acids is 1. The molecule has 5 heteroatoms. The molecule has 0 aliphatic rings. The van der Waals surface area contributed by atoms with Crippen LogP contribution in [-0.2, 0) is 0 Å². The Morgan fingerprint density at radius 2 is 1.84 bits per heavy atom. The summed E-state index contributed by atoms with van der Waals surface area (Å²) < 4.78 is 1.52. The molecule has 0 atom stereocenters. The van der Waals surface area contributed by atoms with Crippen molar-refractivity contribution in [1.82, 2.24) is 4.68 Å². The van der Waals surface area contributed by atoms with Crippen LogP contribution in [0.5, 0.6) is 0 Å². The van der Waals surface area contributed by atoms with Crippen molar-refractivity contribution in [3.05, 3.63) is 63.6 Å². The van der Waals surface area contributed by atoms with E-state index in [-0.39, 0.29) is 5.56 Å². The molecule has 0 unspecified atom stereocenters. The van der Waals surface area contributed by atoms with Gasteiger partial charge in [-0.2, -0.15) is 0 Å². The van der Waals surface area contributed by atoms with E-state index in [4.69, 9.17) is 5.11 Å². The van der Waals surface area contributed by atoms with E-state index in [1.54, 1.807) is 6.92 Å². The minimum atomic E-state index is -1.23. The number of benzene rings is 1. The van der Waals surface area contributed by atoms with E-state index in [1.165, 1.54) is 16.9 Å². The molecule has 98 valence electrons. The fourth-order valence-electron chi connectivity index (χ4n) is 1.68. The van der Waals surface area contributed by atoms with Crippen molar-refractivity contribution in [3.8, 4) is 0 Å². The molecular formula is C14H14N2O3. The molecular weight excluding hydrogens is 244 g/mol. The van der Waals surface area contributed by atoms with Gasteiger partial charge in [0.15, 0.2) is 5.43 Å². The molecule has 0 bridgehead atoms. The number of aryl methyl sites for hydroxylation is 2. The molecule has 0 fully saturated rings. The van der Waals surface area contributed by atoms with E-state index in [0.29, 0.717) is 5.69 Å². The summed E-state index contributed by atoms with van der Waals surface area (Å²) in [5.41, 5.74) is 4.86. The molecule has 0 radical (unpaired) electrons. The first-order valence-electron chi connectivity index (χ1n) is 5.77. The molecule has 0 amide bonds. The van der Waals surface area contributed by atoms with Gasteiger partial charge in [-0.15, -0.1) is 0 Å². The van der Waals surface area contributed by atoms with Crippen LogP contribution in [0.25, 0.3) is 0 Å². The number of nitrogens with one attached hydrogen (secondary N) is 1. The Bertz CT molecular complexity index is 672. The van der Waals surface area contributed by atoms with Crippen LogP contribution in [0.15, 0.2) is 41.3 Å². The number of aromatic nitrogens is 1. The summed E-state index contributed by atoms with van der Waals surface area (Å²) in [6.07, 6.45) is 1.29. The lowest BCUT2D eigenvalue weighted by Gasteiger charge is -2.14. The van der Waals surface area contributed by atoms with Gasteiger partial charge in [0, 0.05) is 18.0 Å². The SMILES string of the molecule is Cc1ccc(Nn2cc(C(=O)O)c(=O)cc2C)cc1. The maximum absolute atomic E-state index is 11.5. The van der Waals surface area contributed by atoms with Crippen LogP contribution < -0.4 is 10.9 Å². The van der Waals surface area contributed by atoms with E-state index < -0.39 is 11.4 Å². The lowest BCUT2D eigenvalue weighted by Crippen LogP contribution is -2.22. The van der Waals surface area contributed by atoms with Gasteiger partial charge in [0.1, 0.15) is 5.56 Å². The van der Waals surface area contributed by atoms with Crippen molar-refractivity contribution < 1.29 is 9.90 Å². The van der Waals surface area contributed by atoms with Crippen LogP contribution in [0.2, 0.25) is 0 Å². The Hall–Kier alpha value is -2.56. The number of hydrogen-bond donors (Lipinski definition) is 2. The second-order valence-electron chi connectivity index (χ2n) is 4.35. The van der Waals surface area contributed by atoms with E-state index >= 15 is 0 Å². The molecule has 0 saturated heterocycles. The molecule has 1 aromatic carbocycles. The van der Waals surface area contributed by atoms with Gasteiger partial charge >= 0.3 is 5.97 Å². The number of aromatic carboxylic acids is 1. The van der Waals surface area contributed by atoms with Gasteiger partial charge in [0.2, 0.25) is 0 Å². The minimum absolute atomic E-state index is 0.259. The van der Waals surface area contributed by atoms with Crippen LogP contribution in [0.3, 0.4) is 0 Å². The Morgan fingerprint density at radius 3 is 2.42 bits per heavy atom. The average molecular weight is 258 g/mol. The molecule has 0 saturated carbocycles. The van der Waals surface area contributed by atoms with Crippen LogP contribution in [0.4, 0.5) is 5.69 Å². The van der Waals surface area contributed by atoms with E-state index in [1.807, 2.05) is 31.2 Å². The molecule has 0 aliphatic heterocycles. The molecule has 2 rings (SSSR count). The number of pyridine rings is 1. The molecule has 1 aromatic heterocycles. The second-order valence-corrected chi connectivity index (χ2v) is 4.35. The average Bonchev–Trinajstić information content (AvgIpc) is 2.34. The fourth-order valence-corrected chi connectivity index (χ4v) is 1.68. The third-order valence-corrected chi connectivity index (χ3v) is 2.78. The third-order valence-electron chi connectivity index (χ3n) is 2.78. The van der Waals surface area contributed by atoms with Gasteiger partial charge in [0.25, 0.3) is 0 Å². The first-order chi connectivity index (χ1) is 8.97. The monoisotopic (exact) mass is 258 g/mol. The number of carboxylic acid groups (broad SMARTS) is 1. The zero-order valence-corrected chi connectivity index (χ0v) is 10.7. The predicted octanol–water partition coefficient (Wildman–Crippen LogP) is 2.04. The highest BCUT2D eigenvalue weighted by atomic mass is 16.4. The maximum Gasteiger partial charge on any atom is 0.341 e. The number of anilines is 1. The molecule has 19 heavy (non-hydrogen) atoms. The zero-order chi connectivity index (χ0) is 14.0. The Balaban J connectivity index is 2.39. The van der Waals surface area contributed by atoms with Crippen LogP contribution in [-0.4, -0.2) is 15.8 Å². The number of rotatable bonds is 3. The van der Waals surface area contributed by atoms with Crippen molar-refractivity contribution in [3.63, 3.8) is 0 Å². The van der Waals surface area contributed by atoms with Crippen molar-refractivity contribution in [2.75, 3.05) is 5.43 Å². The fraction of sp³-hybridized carbons (Fsp3) is 0.143.